The Kier molecular flexibility index (Phi) is 6.49. The molecule has 0 spiro atoms. The number of carbonyl (C=O) groups is 2. The third kappa shape index (κ3) is 4.83. The summed E-state index contributed by atoms with van der Waals surface area (Å²) in [6.07, 6.45) is 6.30. The number of aliphatic imine (C=N–C) groups is 1. The summed E-state index contributed by atoms with van der Waals surface area (Å²) in [4.78, 5) is 34.2. The van der Waals surface area contributed by atoms with Crippen molar-refractivity contribution in [3.8, 4) is 5.00 Å². The molecule has 5 rings (SSSR count). The van der Waals surface area contributed by atoms with Crippen LogP contribution in [-0.2, 0) is 9.59 Å². The maximum Gasteiger partial charge on any atom is 0.306 e. The van der Waals surface area contributed by atoms with Gasteiger partial charge in [0.25, 0.3) is 0 Å². The zero-order valence-electron chi connectivity index (χ0n) is 20.5. The van der Waals surface area contributed by atoms with Gasteiger partial charge in [0.15, 0.2) is 5.82 Å². The number of rotatable bonds is 6. The average molecular weight is 513 g/mol. The Morgan fingerprint density at radius 3 is 2.62 bits per heavy atom. The molecule has 4 heterocycles. The second-order valence-electron chi connectivity index (χ2n) is 8.68. The van der Waals surface area contributed by atoms with E-state index in [0.717, 1.165) is 32.1 Å². The Morgan fingerprint density at radius 1 is 1.14 bits per heavy atom. The molecule has 3 aromatic heterocycles. The number of hydrogen-bond acceptors (Lipinski definition) is 7. The van der Waals surface area contributed by atoms with Gasteiger partial charge in [0.2, 0.25) is 5.91 Å². The summed E-state index contributed by atoms with van der Waals surface area (Å²) in [6.45, 7) is 5.95. The fraction of sp³-hybridized carbons (Fsp3) is 0.185. The molecule has 1 amide bonds. The first-order valence-corrected chi connectivity index (χ1v) is 12.4. The number of benzene rings is 1. The van der Waals surface area contributed by atoms with Crippen LogP contribution in [-0.4, -0.2) is 42.4 Å². The number of anilines is 1. The highest BCUT2D eigenvalue weighted by Gasteiger charge is 2.32. The van der Waals surface area contributed by atoms with E-state index in [1.54, 1.807) is 35.9 Å². The third-order valence-corrected chi connectivity index (χ3v) is 7.34. The Morgan fingerprint density at radius 2 is 1.92 bits per heavy atom. The summed E-state index contributed by atoms with van der Waals surface area (Å²) in [5, 5.41) is 21.9. The molecular weight excluding hydrogens is 488 g/mol. The molecule has 1 aromatic carbocycles. The van der Waals surface area contributed by atoms with Crippen molar-refractivity contribution in [1.82, 2.24) is 19.7 Å². The summed E-state index contributed by atoms with van der Waals surface area (Å²) in [6, 6.07) is 10.4. The first kappa shape index (κ1) is 24.3. The fourth-order valence-electron chi connectivity index (χ4n) is 4.23. The van der Waals surface area contributed by atoms with Gasteiger partial charge in [-0.1, -0.05) is 18.2 Å². The van der Waals surface area contributed by atoms with Gasteiger partial charge in [0, 0.05) is 40.2 Å². The number of aliphatic carboxylic acids is 1. The number of nitrogens with zero attached hydrogens (tertiary/aromatic N) is 5. The highest BCUT2D eigenvalue weighted by molar-refractivity contribution is 7.15. The van der Waals surface area contributed by atoms with Crippen LogP contribution in [0.5, 0.6) is 0 Å². The van der Waals surface area contributed by atoms with Crippen molar-refractivity contribution in [2.24, 2.45) is 4.99 Å². The predicted molar refractivity (Wildman–Crippen MR) is 142 cm³/mol. The van der Waals surface area contributed by atoms with Crippen molar-refractivity contribution < 1.29 is 14.7 Å². The molecule has 0 radical (unpaired) electrons. The standard InChI is InChI=1S/C27H24N6O3S/c1-15-16(2)37-27-24(15)25(30-21(13-23(35)36)26-32-31-17(3)33(26)27)19-7-9-20(10-8-19)29-22(34)11-6-18-5-4-12-28-14-18/h4-12,14,21H,13H2,1-3H3,(H,29,34)(H,35,36)/b11-6+/t21-/m0/s1. The Bertz CT molecular complexity index is 1550. The topological polar surface area (TPSA) is 122 Å². The molecule has 0 unspecified atom stereocenters. The van der Waals surface area contributed by atoms with Gasteiger partial charge in [-0.05, 0) is 56.2 Å². The second kappa shape index (κ2) is 9.90. The van der Waals surface area contributed by atoms with Crippen molar-refractivity contribution in [2.75, 3.05) is 5.32 Å². The predicted octanol–water partition coefficient (Wildman–Crippen LogP) is 4.67. The van der Waals surface area contributed by atoms with Gasteiger partial charge >= 0.3 is 5.97 Å². The number of carbonyl (C=O) groups excluding carboxylic acids is 1. The van der Waals surface area contributed by atoms with Crippen molar-refractivity contribution >= 4 is 40.7 Å². The minimum absolute atomic E-state index is 0.202. The molecular formula is C27H24N6O3S. The number of fused-ring (bicyclic) bond motifs is 3. The average Bonchev–Trinajstić information content (AvgIpc) is 3.36. The summed E-state index contributed by atoms with van der Waals surface area (Å²) in [5.74, 6) is -0.0239. The Labute approximate surface area is 217 Å². The molecule has 2 N–H and O–H groups in total. The molecule has 37 heavy (non-hydrogen) atoms. The van der Waals surface area contributed by atoms with Gasteiger partial charge in [-0.25, -0.2) is 0 Å². The zero-order valence-corrected chi connectivity index (χ0v) is 21.3. The van der Waals surface area contributed by atoms with Crippen LogP contribution in [0.4, 0.5) is 5.69 Å². The van der Waals surface area contributed by atoms with E-state index in [0.29, 0.717) is 23.0 Å². The van der Waals surface area contributed by atoms with Crippen LogP contribution in [0, 0.1) is 20.8 Å². The summed E-state index contributed by atoms with van der Waals surface area (Å²) in [5.41, 5.74) is 4.99. The Hall–Kier alpha value is -4.44. The molecule has 186 valence electrons. The maximum absolute atomic E-state index is 12.4. The van der Waals surface area contributed by atoms with Gasteiger partial charge < -0.3 is 10.4 Å². The third-order valence-electron chi connectivity index (χ3n) is 6.14. The van der Waals surface area contributed by atoms with Gasteiger partial charge in [-0.2, -0.15) is 0 Å². The molecule has 0 aliphatic carbocycles. The van der Waals surface area contributed by atoms with Crippen molar-refractivity contribution in [3.05, 3.63) is 93.6 Å². The second-order valence-corrected chi connectivity index (χ2v) is 9.89. The van der Waals surface area contributed by atoms with E-state index in [1.807, 2.05) is 48.7 Å². The number of thiophene rings is 1. The van der Waals surface area contributed by atoms with Gasteiger partial charge in [0.1, 0.15) is 16.9 Å². The fourth-order valence-corrected chi connectivity index (χ4v) is 5.45. The number of amides is 1. The minimum Gasteiger partial charge on any atom is -0.481 e. The lowest BCUT2D eigenvalue weighted by Crippen LogP contribution is -2.11. The van der Waals surface area contributed by atoms with E-state index in [2.05, 4.69) is 27.4 Å². The number of carboxylic acids is 1. The molecule has 0 saturated carbocycles. The number of aromatic nitrogens is 4. The van der Waals surface area contributed by atoms with Gasteiger partial charge in [-0.15, -0.1) is 21.5 Å². The Balaban J connectivity index is 1.49. The molecule has 1 aliphatic heterocycles. The summed E-state index contributed by atoms with van der Waals surface area (Å²) in [7, 11) is 0. The van der Waals surface area contributed by atoms with Crippen LogP contribution in [0.3, 0.4) is 0 Å². The highest BCUT2D eigenvalue weighted by atomic mass is 32.1. The van der Waals surface area contributed by atoms with Crippen LogP contribution in [0.15, 0.2) is 59.9 Å². The monoisotopic (exact) mass is 512 g/mol. The molecule has 1 aliphatic rings. The molecule has 0 fully saturated rings. The number of hydrogen-bond donors (Lipinski definition) is 2. The SMILES string of the molecule is Cc1sc2c(c1C)C(c1ccc(NC(=O)/C=C/c3cccnc3)cc1)=N[C@@H](CC(=O)O)c1nnc(C)n1-2. The largest absolute Gasteiger partial charge is 0.481 e. The number of pyridine rings is 1. The van der Waals surface area contributed by atoms with E-state index in [1.165, 1.54) is 6.08 Å². The summed E-state index contributed by atoms with van der Waals surface area (Å²) < 4.78 is 1.92. The van der Waals surface area contributed by atoms with E-state index in [4.69, 9.17) is 4.99 Å². The van der Waals surface area contributed by atoms with Crippen LogP contribution < -0.4 is 5.32 Å². The first-order chi connectivity index (χ1) is 17.8. The van der Waals surface area contributed by atoms with Crippen molar-refractivity contribution in [3.63, 3.8) is 0 Å². The van der Waals surface area contributed by atoms with E-state index in [-0.39, 0.29) is 12.3 Å². The smallest absolute Gasteiger partial charge is 0.306 e. The van der Waals surface area contributed by atoms with Crippen molar-refractivity contribution in [1.29, 1.82) is 0 Å². The number of nitrogens with one attached hydrogen (secondary N) is 1. The molecule has 10 heteroatoms. The lowest BCUT2D eigenvalue weighted by molar-refractivity contribution is -0.137. The lowest BCUT2D eigenvalue weighted by Gasteiger charge is -2.11. The van der Waals surface area contributed by atoms with Crippen LogP contribution in [0.25, 0.3) is 11.1 Å². The normalized spacial score (nSPS) is 14.6. The molecule has 9 nitrogen and oxygen atoms in total. The van der Waals surface area contributed by atoms with Gasteiger partial charge in [-0.3, -0.25) is 24.1 Å². The molecule has 0 saturated heterocycles. The molecule has 1 atom stereocenters. The van der Waals surface area contributed by atoms with Gasteiger partial charge in [0.05, 0.1) is 12.1 Å². The molecule has 4 aromatic rings. The van der Waals surface area contributed by atoms with Crippen molar-refractivity contribution in [2.45, 2.75) is 33.2 Å². The number of carboxylic acid groups (broad SMARTS) is 1. The summed E-state index contributed by atoms with van der Waals surface area (Å²) >= 11 is 1.61. The minimum atomic E-state index is -0.962. The highest BCUT2D eigenvalue weighted by Crippen LogP contribution is 2.39. The van der Waals surface area contributed by atoms with Crippen LogP contribution >= 0.6 is 11.3 Å². The van der Waals surface area contributed by atoms with E-state index < -0.39 is 12.0 Å². The molecule has 0 bridgehead atoms. The van der Waals surface area contributed by atoms with Crippen LogP contribution in [0.2, 0.25) is 0 Å². The first-order valence-electron chi connectivity index (χ1n) is 11.6. The quantitative estimate of drug-likeness (QED) is 0.362. The zero-order chi connectivity index (χ0) is 26.1. The number of aryl methyl sites for hydroxylation is 2. The van der Waals surface area contributed by atoms with Crippen LogP contribution in [0.1, 0.15) is 51.2 Å². The lowest BCUT2D eigenvalue weighted by atomic mass is 9.99. The van der Waals surface area contributed by atoms with E-state index >= 15 is 0 Å². The maximum atomic E-state index is 12.4. The van der Waals surface area contributed by atoms with E-state index in [9.17, 15) is 14.7 Å².